The van der Waals surface area contributed by atoms with Crippen LogP contribution in [0.15, 0.2) is 15.7 Å². The van der Waals surface area contributed by atoms with E-state index in [1.807, 2.05) is 6.92 Å². The first-order valence-corrected chi connectivity index (χ1v) is 9.11. The normalized spacial score (nSPS) is 26.7. The van der Waals surface area contributed by atoms with Crippen LogP contribution in [-0.4, -0.2) is 36.7 Å². The summed E-state index contributed by atoms with van der Waals surface area (Å²) in [6, 6.07) is 1.15. The molecule has 3 N–H and O–H groups in total. The van der Waals surface area contributed by atoms with E-state index in [4.69, 9.17) is 5.11 Å². The zero-order chi connectivity index (χ0) is 15.7. The van der Waals surface area contributed by atoms with Crippen molar-refractivity contribution in [2.75, 3.05) is 6.61 Å². The standard InChI is InChI=1S/C13H19NO5S2/c1-9-3-2-4-13(6-9,8-15)14-21(18,19)11-5-10(7-20-11)12(16)17/h5,7,9,14-15H,2-4,6,8H2,1H3,(H,16,17). The minimum absolute atomic E-state index is 0.0362. The Morgan fingerprint density at radius 2 is 2.29 bits per heavy atom. The maximum atomic E-state index is 12.4. The smallest absolute Gasteiger partial charge is 0.336 e. The maximum Gasteiger partial charge on any atom is 0.336 e. The van der Waals surface area contributed by atoms with Gasteiger partial charge in [-0.2, -0.15) is 0 Å². The van der Waals surface area contributed by atoms with Crippen molar-refractivity contribution < 1.29 is 23.4 Å². The molecule has 8 heteroatoms. The van der Waals surface area contributed by atoms with Crippen molar-refractivity contribution in [1.82, 2.24) is 4.72 Å². The molecule has 2 unspecified atom stereocenters. The SMILES string of the molecule is CC1CCCC(CO)(NS(=O)(=O)c2cc(C(=O)O)cs2)C1. The Morgan fingerprint density at radius 3 is 2.81 bits per heavy atom. The van der Waals surface area contributed by atoms with Gasteiger partial charge in [0.1, 0.15) is 4.21 Å². The largest absolute Gasteiger partial charge is 0.478 e. The van der Waals surface area contributed by atoms with Gasteiger partial charge in [-0.25, -0.2) is 17.9 Å². The van der Waals surface area contributed by atoms with Gasteiger partial charge in [0, 0.05) is 5.38 Å². The van der Waals surface area contributed by atoms with Crippen LogP contribution in [0.3, 0.4) is 0 Å². The Bertz CT molecular complexity index is 624. The van der Waals surface area contributed by atoms with E-state index in [0.717, 1.165) is 30.2 Å². The molecule has 0 saturated heterocycles. The number of carbonyl (C=O) groups is 1. The second kappa shape index (κ2) is 6.04. The molecule has 0 aromatic carbocycles. The molecule has 1 aliphatic rings. The van der Waals surface area contributed by atoms with Crippen molar-refractivity contribution in [2.45, 2.75) is 42.4 Å². The molecule has 1 saturated carbocycles. The summed E-state index contributed by atoms with van der Waals surface area (Å²) < 4.78 is 27.4. The maximum absolute atomic E-state index is 12.4. The van der Waals surface area contributed by atoms with Crippen LogP contribution in [0.5, 0.6) is 0 Å². The van der Waals surface area contributed by atoms with E-state index in [1.165, 1.54) is 5.38 Å². The van der Waals surface area contributed by atoms with Gasteiger partial charge in [-0.3, -0.25) is 0 Å². The molecule has 1 aromatic rings. The van der Waals surface area contributed by atoms with Gasteiger partial charge in [0.15, 0.2) is 0 Å². The third-order valence-corrected chi connectivity index (χ3v) is 6.85. The average Bonchev–Trinajstić information content (AvgIpc) is 2.88. The van der Waals surface area contributed by atoms with Crippen LogP contribution in [0.2, 0.25) is 0 Å². The van der Waals surface area contributed by atoms with E-state index in [9.17, 15) is 18.3 Å². The third kappa shape index (κ3) is 3.63. The molecule has 0 spiro atoms. The number of aliphatic hydroxyl groups is 1. The van der Waals surface area contributed by atoms with Crippen LogP contribution >= 0.6 is 11.3 Å². The van der Waals surface area contributed by atoms with Gasteiger partial charge in [0.2, 0.25) is 0 Å². The van der Waals surface area contributed by atoms with E-state index in [0.29, 0.717) is 18.8 Å². The van der Waals surface area contributed by atoms with E-state index in [1.54, 1.807) is 0 Å². The fourth-order valence-electron chi connectivity index (χ4n) is 2.83. The number of nitrogens with one attached hydrogen (secondary N) is 1. The summed E-state index contributed by atoms with van der Waals surface area (Å²) in [5.41, 5.74) is -0.889. The Morgan fingerprint density at radius 1 is 1.57 bits per heavy atom. The first-order chi connectivity index (χ1) is 9.78. The summed E-state index contributed by atoms with van der Waals surface area (Å²) in [5, 5.41) is 19.8. The molecule has 0 bridgehead atoms. The summed E-state index contributed by atoms with van der Waals surface area (Å²) in [4.78, 5) is 10.8. The Balaban J connectivity index is 2.24. The van der Waals surface area contributed by atoms with Gasteiger partial charge >= 0.3 is 5.97 Å². The first-order valence-electron chi connectivity index (χ1n) is 6.75. The predicted molar refractivity (Wildman–Crippen MR) is 79.0 cm³/mol. The van der Waals surface area contributed by atoms with Crippen molar-refractivity contribution >= 4 is 27.3 Å². The number of hydrogen-bond acceptors (Lipinski definition) is 5. The fourth-order valence-corrected chi connectivity index (χ4v) is 5.42. The highest BCUT2D eigenvalue weighted by Gasteiger charge is 2.38. The lowest BCUT2D eigenvalue weighted by Crippen LogP contribution is -2.53. The van der Waals surface area contributed by atoms with E-state index in [-0.39, 0.29) is 16.4 Å². The minimum atomic E-state index is -3.82. The molecule has 2 rings (SSSR count). The molecule has 21 heavy (non-hydrogen) atoms. The zero-order valence-corrected chi connectivity index (χ0v) is 13.3. The molecule has 2 atom stereocenters. The van der Waals surface area contributed by atoms with Crippen molar-refractivity contribution in [3.63, 3.8) is 0 Å². The van der Waals surface area contributed by atoms with Gasteiger partial charge in [0.05, 0.1) is 17.7 Å². The van der Waals surface area contributed by atoms with E-state index >= 15 is 0 Å². The van der Waals surface area contributed by atoms with Crippen LogP contribution < -0.4 is 4.72 Å². The number of aliphatic hydroxyl groups excluding tert-OH is 1. The number of aromatic carboxylic acids is 1. The predicted octanol–water partition coefficient (Wildman–Crippen LogP) is 1.67. The van der Waals surface area contributed by atoms with E-state index in [2.05, 4.69) is 4.72 Å². The first kappa shape index (κ1) is 16.4. The summed E-state index contributed by atoms with van der Waals surface area (Å²) in [6.07, 6.45) is 3.05. The van der Waals surface area contributed by atoms with Crippen LogP contribution in [0.1, 0.15) is 43.0 Å². The highest BCUT2D eigenvalue weighted by molar-refractivity contribution is 7.91. The van der Waals surface area contributed by atoms with Crippen molar-refractivity contribution in [1.29, 1.82) is 0 Å². The molecule has 1 heterocycles. The van der Waals surface area contributed by atoms with Crippen molar-refractivity contribution in [3.05, 3.63) is 17.0 Å². The number of thiophene rings is 1. The number of hydrogen-bond donors (Lipinski definition) is 3. The summed E-state index contributed by atoms with van der Waals surface area (Å²) in [5.74, 6) is -0.817. The van der Waals surface area contributed by atoms with Crippen molar-refractivity contribution in [2.24, 2.45) is 5.92 Å². The molecule has 1 aliphatic carbocycles. The molecular formula is C13H19NO5S2. The zero-order valence-electron chi connectivity index (χ0n) is 11.7. The minimum Gasteiger partial charge on any atom is -0.478 e. The van der Waals surface area contributed by atoms with E-state index < -0.39 is 21.5 Å². The number of carboxylic acid groups (broad SMARTS) is 1. The Kier molecular flexibility index (Phi) is 4.72. The number of carboxylic acids is 1. The van der Waals surface area contributed by atoms with Crippen LogP contribution in [0, 0.1) is 5.92 Å². The Hall–Kier alpha value is -0.960. The van der Waals surface area contributed by atoms with Crippen LogP contribution in [-0.2, 0) is 10.0 Å². The van der Waals surface area contributed by atoms with Gasteiger partial charge < -0.3 is 10.2 Å². The van der Waals surface area contributed by atoms with Gasteiger partial charge in [0.25, 0.3) is 10.0 Å². The second-order valence-electron chi connectivity index (χ2n) is 5.71. The summed E-state index contributed by atoms with van der Waals surface area (Å²) in [7, 11) is -3.82. The molecule has 1 fully saturated rings. The average molecular weight is 333 g/mol. The fraction of sp³-hybridized carbons (Fsp3) is 0.615. The summed E-state index contributed by atoms with van der Waals surface area (Å²) >= 11 is 0.870. The lowest BCUT2D eigenvalue weighted by atomic mass is 9.78. The van der Waals surface area contributed by atoms with Gasteiger partial charge in [-0.05, 0) is 24.8 Å². The quantitative estimate of drug-likeness (QED) is 0.760. The molecule has 0 radical (unpaired) electrons. The topological polar surface area (TPSA) is 104 Å². The third-order valence-electron chi connectivity index (χ3n) is 3.83. The molecule has 0 amide bonds. The van der Waals surface area contributed by atoms with Gasteiger partial charge in [-0.1, -0.05) is 19.8 Å². The van der Waals surface area contributed by atoms with Gasteiger partial charge in [-0.15, -0.1) is 11.3 Å². The lowest BCUT2D eigenvalue weighted by molar-refractivity contribution is 0.0697. The molecule has 6 nitrogen and oxygen atoms in total. The highest BCUT2D eigenvalue weighted by atomic mass is 32.2. The lowest BCUT2D eigenvalue weighted by Gasteiger charge is -2.38. The van der Waals surface area contributed by atoms with Crippen molar-refractivity contribution in [3.8, 4) is 0 Å². The number of rotatable bonds is 5. The second-order valence-corrected chi connectivity index (χ2v) is 8.53. The molecular weight excluding hydrogens is 314 g/mol. The monoisotopic (exact) mass is 333 g/mol. The Labute approximate surface area is 127 Å². The number of sulfonamides is 1. The highest BCUT2D eigenvalue weighted by Crippen LogP contribution is 2.34. The molecule has 1 aromatic heterocycles. The summed E-state index contributed by atoms with van der Waals surface area (Å²) in [6.45, 7) is 1.78. The molecule has 118 valence electrons. The molecule has 0 aliphatic heterocycles. The van der Waals surface area contributed by atoms with Crippen LogP contribution in [0.25, 0.3) is 0 Å². The van der Waals surface area contributed by atoms with Crippen LogP contribution in [0.4, 0.5) is 0 Å².